The summed E-state index contributed by atoms with van der Waals surface area (Å²) in [6.07, 6.45) is 0.241. The molecule has 32 heavy (non-hydrogen) atoms. The third-order valence-electron chi connectivity index (χ3n) is 5.14. The lowest BCUT2D eigenvalue weighted by Gasteiger charge is -2.30. The van der Waals surface area contributed by atoms with Gasteiger partial charge in [0.1, 0.15) is 11.4 Å². The smallest absolute Gasteiger partial charge is 0.410 e. The number of fused-ring (bicyclic) bond motifs is 1. The number of carbonyl (C=O) groups is 2. The molecule has 8 heteroatoms. The Morgan fingerprint density at radius 3 is 2.56 bits per heavy atom. The molecule has 0 aliphatic carbocycles. The molecular weight excluding hydrogens is 408 g/mol. The number of aromatic nitrogens is 2. The zero-order valence-electron chi connectivity index (χ0n) is 20.1. The quantitative estimate of drug-likeness (QED) is 0.735. The highest BCUT2D eigenvalue weighted by Gasteiger charge is 2.29. The van der Waals surface area contributed by atoms with E-state index >= 15 is 0 Å². The highest BCUT2D eigenvalue weighted by atomic mass is 16.6. The van der Waals surface area contributed by atoms with E-state index in [1.165, 1.54) is 0 Å². The summed E-state index contributed by atoms with van der Waals surface area (Å²) in [5.41, 5.74) is 3.23. The third-order valence-corrected chi connectivity index (χ3v) is 5.14. The van der Waals surface area contributed by atoms with Crippen molar-refractivity contribution in [2.45, 2.75) is 72.4 Å². The molecule has 0 bridgehead atoms. The second-order valence-electron chi connectivity index (χ2n) is 10.3. The van der Waals surface area contributed by atoms with Crippen molar-refractivity contribution in [3.05, 3.63) is 40.6 Å². The van der Waals surface area contributed by atoms with Crippen molar-refractivity contribution in [3.8, 4) is 5.75 Å². The monoisotopic (exact) mass is 442 g/mol. The van der Waals surface area contributed by atoms with E-state index < -0.39 is 5.60 Å². The Morgan fingerprint density at radius 2 is 1.91 bits per heavy atom. The molecule has 2 heterocycles. The number of nitrogens with one attached hydrogen (secondary N) is 2. The van der Waals surface area contributed by atoms with Crippen LogP contribution in [0.1, 0.15) is 63.9 Å². The molecule has 8 nitrogen and oxygen atoms in total. The molecule has 1 aromatic heterocycles. The van der Waals surface area contributed by atoms with Gasteiger partial charge in [-0.3, -0.25) is 9.89 Å². The number of carbonyl (C=O) groups excluding carboxylic acids is 2. The molecule has 0 saturated carbocycles. The van der Waals surface area contributed by atoms with Gasteiger partial charge in [0.05, 0.1) is 6.54 Å². The van der Waals surface area contributed by atoms with E-state index in [0.29, 0.717) is 31.1 Å². The van der Waals surface area contributed by atoms with Crippen molar-refractivity contribution in [3.63, 3.8) is 0 Å². The van der Waals surface area contributed by atoms with E-state index in [0.717, 1.165) is 22.4 Å². The average Bonchev–Trinajstić information content (AvgIpc) is 3.07. The molecule has 0 spiro atoms. The largest absolute Gasteiger partial charge is 0.483 e. The van der Waals surface area contributed by atoms with Crippen molar-refractivity contribution in [2.75, 3.05) is 18.5 Å². The standard InChI is InChI=1S/C24H34N4O4/c1-15-8-9-19(17(12-15)23(2,3)4)31-14-20(29)25-21-16-13-28(11-10-18(16)26-27-21)22(30)32-24(5,6)7/h8-9,12H,10-11,13-14H2,1-7H3,(H2,25,26,27,29). The topological polar surface area (TPSA) is 96.5 Å². The minimum atomic E-state index is -0.565. The van der Waals surface area contributed by atoms with Crippen LogP contribution in [0.2, 0.25) is 0 Å². The van der Waals surface area contributed by atoms with Gasteiger partial charge in [0.15, 0.2) is 12.4 Å². The summed E-state index contributed by atoms with van der Waals surface area (Å²) in [6.45, 7) is 14.6. The molecule has 0 radical (unpaired) electrons. The molecule has 0 unspecified atom stereocenters. The maximum absolute atomic E-state index is 12.6. The summed E-state index contributed by atoms with van der Waals surface area (Å²) in [7, 11) is 0. The van der Waals surface area contributed by atoms with Crippen molar-refractivity contribution in [1.82, 2.24) is 15.1 Å². The molecule has 0 atom stereocenters. The SMILES string of the molecule is Cc1ccc(OCC(=O)Nc2n[nH]c3c2CN(C(=O)OC(C)(C)C)CC3)c(C(C)(C)C)c1. The fourth-order valence-corrected chi connectivity index (χ4v) is 3.55. The summed E-state index contributed by atoms with van der Waals surface area (Å²) in [5, 5.41) is 10.0. The molecule has 2 aromatic rings. The second kappa shape index (κ2) is 8.84. The number of hydrogen-bond donors (Lipinski definition) is 2. The Hall–Kier alpha value is -3.03. The number of rotatable bonds is 4. The van der Waals surface area contributed by atoms with Crippen LogP contribution in [0.4, 0.5) is 10.6 Å². The summed E-state index contributed by atoms with van der Waals surface area (Å²) in [6, 6.07) is 5.96. The van der Waals surface area contributed by atoms with Crippen molar-refractivity contribution in [1.29, 1.82) is 0 Å². The first-order valence-corrected chi connectivity index (χ1v) is 10.9. The summed E-state index contributed by atoms with van der Waals surface area (Å²) < 4.78 is 11.3. The maximum Gasteiger partial charge on any atom is 0.410 e. The van der Waals surface area contributed by atoms with Crippen molar-refractivity contribution >= 4 is 17.8 Å². The number of anilines is 1. The van der Waals surface area contributed by atoms with Gasteiger partial charge in [0.25, 0.3) is 5.91 Å². The molecule has 1 aliphatic rings. The average molecular weight is 443 g/mol. The number of aromatic amines is 1. The van der Waals surface area contributed by atoms with Crippen LogP contribution in [0.15, 0.2) is 18.2 Å². The lowest BCUT2D eigenvalue weighted by Crippen LogP contribution is -2.40. The molecule has 0 fully saturated rings. The van der Waals surface area contributed by atoms with Gasteiger partial charge in [-0.05, 0) is 44.7 Å². The molecular formula is C24H34N4O4. The van der Waals surface area contributed by atoms with Gasteiger partial charge in [0, 0.05) is 24.2 Å². The Bertz CT molecular complexity index is 998. The van der Waals surface area contributed by atoms with Gasteiger partial charge in [-0.15, -0.1) is 0 Å². The summed E-state index contributed by atoms with van der Waals surface area (Å²) >= 11 is 0. The predicted octanol–water partition coefficient (Wildman–Crippen LogP) is 4.33. The van der Waals surface area contributed by atoms with Gasteiger partial charge in [0.2, 0.25) is 0 Å². The molecule has 3 rings (SSSR count). The normalized spacial score (nSPS) is 14.0. The van der Waals surface area contributed by atoms with Crippen LogP contribution < -0.4 is 10.1 Å². The predicted molar refractivity (Wildman–Crippen MR) is 123 cm³/mol. The van der Waals surface area contributed by atoms with E-state index in [1.807, 2.05) is 39.8 Å². The van der Waals surface area contributed by atoms with Gasteiger partial charge >= 0.3 is 6.09 Å². The number of hydrogen-bond acceptors (Lipinski definition) is 5. The van der Waals surface area contributed by atoms with Crippen molar-refractivity contribution < 1.29 is 19.1 Å². The van der Waals surface area contributed by atoms with E-state index in [1.54, 1.807) is 4.90 Å². The lowest BCUT2D eigenvalue weighted by molar-refractivity contribution is -0.118. The number of amides is 2. The van der Waals surface area contributed by atoms with E-state index in [4.69, 9.17) is 9.47 Å². The van der Waals surface area contributed by atoms with Gasteiger partial charge in [-0.25, -0.2) is 4.79 Å². The van der Waals surface area contributed by atoms with Crippen LogP contribution in [0.5, 0.6) is 5.75 Å². The molecule has 2 amide bonds. The van der Waals surface area contributed by atoms with Crippen LogP contribution in [0, 0.1) is 6.92 Å². The zero-order valence-corrected chi connectivity index (χ0v) is 20.1. The van der Waals surface area contributed by atoms with Crippen LogP contribution in [0.3, 0.4) is 0 Å². The Balaban J connectivity index is 1.65. The number of aryl methyl sites for hydroxylation is 1. The van der Waals surface area contributed by atoms with Gasteiger partial charge < -0.3 is 19.7 Å². The van der Waals surface area contributed by atoms with Crippen LogP contribution in [-0.4, -0.2) is 45.9 Å². The molecule has 2 N–H and O–H groups in total. The lowest BCUT2D eigenvalue weighted by atomic mass is 9.85. The fourth-order valence-electron chi connectivity index (χ4n) is 3.55. The minimum Gasteiger partial charge on any atom is -0.483 e. The van der Waals surface area contributed by atoms with Crippen LogP contribution in [-0.2, 0) is 27.9 Å². The van der Waals surface area contributed by atoms with E-state index in [9.17, 15) is 9.59 Å². The molecule has 1 aromatic carbocycles. The number of ether oxygens (including phenoxy) is 2. The summed E-state index contributed by atoms with van der Waals surface area (Å²) in [4.78, 5) is 26.7. The Kier molecular flexibility index (Phi) is 6.53. The fraction of sp³-hybridized carbons (Fsp3) is 0.542. The summed E-state index contributed by atoms with van der Waals surface area (Å²) in [5.74, 6) is 0.800. The van der Waals surface area contributed by atoms with Crippen LogP contribution in [0.25, 0.3) is 0 Å². The van der Waals surface area contributed by atoms with Gasteiger partial charge in [-0.1, -0.05) is 38.5 Å². The Labute approximate surface area is 189 Å². The Morgan fingerprint density at radius 1 is 1.19 bits per heavy atom. The highest BCUT2D eigenvalue weighted by Crippen LogP contribution is 2.32. The van der Waals surface area contributed by atoms with E-state index in [2.05, 4.69) is 42.4 Å². The molecule has 0 saturated heterocycles. The van der Waals surface area contributed by atoms with Crippen molar-refractivity contribution in [2.24, 2.45) is 0 Å². The first kappa shape index (κ1) is 23.6. The number of benzene rings is 1. The number of nitrogens with zero attached hydrogens (tertiary/aromatic N) is 2. The third kappa shape index (κ3) is 5.81. The number of H-pyrrole nitrogens is 1. The first-order valence-electron chi connectivity index (χ1n) is 10.9. The van der Waals surface area contributed by atoms with E-state index in [-0.39, 0.29) is 24.0 Å². The zero-order chi connectivity index (χ0) is 23.7. The first-order chi connectivity index (χ1) is 14.8. The minimum absolute atomic E-state index is 0.107. The van der Waals surface area contributed by atoms with Crippen LogP contribution >= 0.6 is 0 Å². The maximum atomic E-state index is 12.6. The van der Waals surface area contributed by atoms with Gasteiger partial charge in [-0.2, -0.15) is 5.10 Å². The molecule has 174 valence electrons. The second-order valence-corrected chi connectivity index (χ2v) is 10.3. The molecule has 1 aliphatic heterocycles. The highest BCUT2D eigenvalue weighted by molar-refractivity contribution is 5.91.